The Kier molecular flexibility index (Phi) is 2.14. The summed E-state index contributed by atoms with van der Waals surface area (Å²) in [7, 11) is 0. The fraction of sp³-hybridized carbons (Fsp3) is 0.364. The number of halogens is 1. The summed E-state index contributed by atoms with van der Waals surface area (Å²) >= 11 is 0. The van der Waals surface area contributed by atoms with Crippen molar-refractivity contribution in [2.24, 2.45) is 0 Å². The second-order valence-electron chi connectivity index (χ2n) is 3.93. The molecule has 3 nitrogen and oxygen atoms in total. The molecule has 1 aliphatic heterocycles. The second kappa shape index (κ2) is 3.22. The minimum Gasteiger partial charge on any atom is -0.370 e. The molecule has 1 atom stereocenters. The Balaban J connectivity index is 2.47. The first-order chi connectivity index (χ1) is 7.07. The van der Waals surface area contributed by atoms with E-state index < -0.39 is 11.4 Å². The number of benzene rings is 1. The first-order valence-corrected chi connectivity index (χ1v) is 4.95. The maximum atomic E-state index is 13.3. The van der Waals surface area contributed by atoms with Gasteiger partial charge in [0.05, 0.1) is 5.69 Å². The molecule has 0 aromatic heterocycles. The molecule has 0 aliphatic carbocycles. The zero-order chi connectivity index (χ0) is 11.1. The highest BCUT2D eigenvalue weighted by Gasteiger charge is 2.36. The predicted octanol–water partition coefficient (Wildman–Crippen LogP) is 2.36. The molecule has 1 heterocycles. The number of nitrogens with one attached hydrogen (secondary N) is 2. The van der Waals surface area contributed by atoms with Crippen molar-refractivity contribution in [2.75, 3.05) is 10.6 Å². The quantitative estimate of drug-likeness (QED) is 0.743. The largest absolute Gasteiger partial charge is 0.370 e. The zero-order valence-electron chi connectivity index (χ0n) is 8.73. The summed E-state index contributed by atoms with van der Waals surface area (Å²) in [6.07, 6.45) is 0.648. The summed E-state index contributed by atoms with van der Waals surface area (Å²) in [6, 6.07) is 4.70. The molecule has 0 bridgehead atoms. The number of para-hydroxylation sites is 1. The van der Waals surface area contributed by atoms with Crippen molar-refractivity contribution in [3.63, 3.8) is 0 Å². The molecule has 0 radical (unpaired) electrons. The molecule has 1 aromatic rings. The van der Waals surface area contributed by atoms with Crippen molar-refractivity contribution < 1.29 is 9.18 Å². The number of rotatable bonds is 1. The third kappa shape index (κ3) is 1.46. The van der Waals surface area contributed by atoms with Gasteiger partial charge in [0, 0.05) is 0 Å². The van der Waals surface area contributed by atoms with Crippen molar-refractivity contribution in [3.8, 4) is 0 Å². The summed E-state index contributed by atoms with van der Waals surface area (Å²) in [5.74, 6) is -0.603. The Hall–Kier alpha value is -1.58. The summed E-state index contributed by atoms with van der Waals surface area (Å²) in [5.41, 5.74) is 0.230. The highest BCUT2D eigenvalue weighted by atomic mass is 19.1. The van der Waals surface area contributed by atoms with Crippen LogP contribution >= 0.6 is 0 Å². The molecule has 15 heavy (non-hydrogen) atoms. The van der Waals surface area contributed by atoms with E-state index in [0.29, 0.717) is 12.1 Å². The standard InChI is InChI=1S/C11H13FN2O/c1-3-11(2)10(15)13-9-7(12)5-4-6-8(9)14-11/h4-6,14H,3H2,1-2H3,(H,13,15). The number of carbonyl (C=O) groups is 1. The van der Waals surface area contributed by atoms with E-state index in [1.807, 2.05) is 6.92 Å². The van der Waals surface area contributed by atoms with Crippen molar-refractivity contribution in [1.82, 2.24) is 0 Å². The predicted molar refractivity (Wildman–Crippen MR) is 57.3 cm³/mol. The van der Waals surface area contributed by atoms with Gasteiger partial charge in [-0.2, -0.15) is 0 Å². The van der Waals surface area contributed by atoms with Crippen molar-refractivity contribution in [3.05, 3.63) is 24.0 Å². The van der Waals surface area contributed by atoms with Gasteiger partial charge in [-0.25, -0.2) is 4.39 Å². The summed E-state index contributed by atoms with van der Waals surface area (Å²) in [6.45, 7) is 3.72. The number of amides is 1. The fourth-order valence-corrected chi connectivity index (χ4v) is 1.61. The molecule has 2 rings (SSSR count). The van der Waals surface area contributed by atoms with Crippen LogP contribution < -0.4 is 10.6 Å². The molecular weight excluding hydrogens is 195 g/mol. The molecule has 1 aromatic carbocycles. The van der Waals surface area contributed by atoms with Crippen LogP contribution in [0.5, 0.6) is 0 Å². The fourth-order valence-electron chi connectivity index (χ4n) is 1.61. The average molecular weight is 208 g/mol. The van der Waals surface area contributed by atoms with E-state index in [2.05, 4.69) is 10.6 Å². The van der Waals surface area contributed by atoms with Gasteiger partial charge in [0.1, 0.15) is 17.0 Å². The Morgan fingerprint density at radius 2 is 2.20 bits per heavy atom. The molecular formula is C11H13FN2O. The first-order valence-electron chi connectivity index (χ1n) is 4.95. The van der Waals surface area contributed by atoms with E-state index in [9.17, 15) is 9.18 Å². The minimum absolute atomic E-state index is 0.192. The van der Waals surface area contributed by atoms with E-state index in [1.54, 1.807) is 19.1 Å². The summed E-state index contributed by atoms with van der Waals surface area (Å²) < 4.78 is 13.3. The summed E-state index contributed by atoms with van der Waals surface area (Å²) in [4.78, 5) is 11.7. The van der Waals surface area contributed by atoms with Crippen LogP contribution in [0.2, 0.25) is 0 Å². The second-order valence-corrected chi connectivity index (χ2v) is 3.93. The highest BCUT2D eigenvalue weighted by molar-refractivity contribution is 6.05. The topological polar surface area (TPSA) is 41.1 Å². The van der Waals surface area contributed by atoms with Crippen molar-refractivity contribution in [1.29, 1.82) is 0 Å². The highest BCUT2D eigenvalue weighted by Crippen LogP contribution is 2.33. The van der Waals surface area contributed by atoms with Crippen LogP contribution in [-0.2, 0) is 4.79 Å². The van der Waals surface area contributed by atoms with Gasteiger partial charge >= 0.3 is 0 Å². The van der Waals surface area contributed by atoms with Gasteiger partial charge in [-0.15, -0.1) is 0 Å². The van der Waals surface area contributed by atoms with E-state index in [1.165, 1.54) is 6.07 Å². The number of carbonyl (C=O) groups excluding carboxylic acids is 1. The monoisotopic (exact) mass is 208 g/mol. The number of hydrogen-bond acceptors (Lipinski definition) is 2. The van der Waals surface area contributed by atoms with E-state index in [4.69, 9.17) is 0 Å². The zero-order valence-corrected chi connectivity index (χ0v) is 8.73. The molecule has 1 amide bonds. The van der Waals surface area contributed by atoms with E-state index in [-0.39, 0.29) is 11.6 Å². The molecule has 0 saturated heterocycles. The van der Waals surface area contributed by atoms with Crippen molar-refractivity contribution in [2.45, 2.75) is 25.8 Å². The Morgan fingerprint density at radius 1 is 1.47 bits per heavy atom. The Labute approximate surface area is 87.7 Å². The van der Waals surface area contributed by atoms with Crippen LogP contribution in [-0.4, -0.2) is 11.4 Å². The number of anilines is 2. The van der Waals surface area contributed by atoms with E-state index in [0.717, 1.165) is 0 Å². The lowest BCUT2D eigenvalue weighted by Crippen LogP contribution is -2.49. The minimum atomic E-state index is -0.652. The van der Waals surface area contributed by atoms with Gasteiger partial charge in [0.15, 0.2) is 0 Å². The van der Waals surface area contributed by atoms with Crippen LogP contribution in [0.3, 0.4) is 0 Å². The maximum Gasteiger partial charge on any atom is 0.249 e. The first kappa shape index (κ1) is 9.96. The van der Waals surface area contributed by atoms with Gasteiger partial charge in [0.25, 0.3) is 0 Å². The maximum absolute atomic E-state index is 13.3. The molecule has 1 aliphatic rings. The molecule has 1 unspecified atom stereocenters. The third-order valence-electron chi connectivity index (χ3n) is 2.87. The van der Waals surface area contributed by atoms with Gasteiger partial charge in [-0.05, 0) is 25.5 Å². The summed E-state index contributed by atoms with van der Waals surface area (Å²) in [5, 5.41) is 5.65. The molecule has 0 saturated carbocycles. The average Bonchev–Trinajstić information content (AvgIpc) is 2.21. The lowest BCUT2D eigenvalue weighted by Gasteiger charge is -2.35. The molecule has 4 heteroatoms. The van der Waals surface area contributed by atoms with Gasteiger partial charge in [-0.3, -0.25) is 4.79 Å². The van der Waals surface area contributed by atoms with Crippen LogP contribution in [0.1, 0.15) is 20.3 Å². The van der Waals surface area contributed by atoms with Gasteiger partial charge in [0.2, 0.25) is 5.91 Å². The number of fused-ring (bicyclic) bond motifs is 1. The SMILES string of the molecule is CCC1(C)Nc2cccc(F)c2NC1=O. The smallest absolute Gasteiger partial charge is 0.249 e. The Morgan fingerprint density at radius 3 is 2.87 bits per heavy atom. The van der Waals surface area contributed by atoms with E-state index >= 15 is 0 Å². The van der Waals surface area contributed by atoms with Gasteiger partial charge in [-0.1, -0.05) is 13.0 Å². The van der Waals surface area contributed by atoms with Crippen LogP contribution in [0.15, 0.2) is 18.2 Å². The molecule has 2 N–H and O–H groups in total. The van der Waals surface area contributed by atoms with Gasteiger partial charge < -0.3 is 10.6 Å². The van der Waals surface area contributed by atoms with Crippen LogP contribution in [0, 0.1) is 5.82 Å². The lowest BCUT2D eigenvalue weighted by atomic mass is 9.94. The molecule has 80 valence electrons. The lowest BCUT2D eigenvalue weighted by molar-refractivity contribution is -0.120. The van der Waals surface area contributed by atoms with Crippen LogP contribution in [0.4, 0.5) is 15.8 Å². The third-order valence-corrected chi connectivity index (χ3v) is 2.87. The Bertz CT molecular complexity index is 419. The molecule has 0 fully saturated rings. The van der Waals surface area contributed by atoms with Crippen molar-refractivity contribution >= 4 is 17.3 Å². The normalized spacial score (nSPS) is 24.1. The number of hydrogen-bond donors (Lipinski definition) is 2. The molecule has 0 spiro atoms. The van der Waals surface area contributed by atoms with Crippen LogP contribution in [0.25, 0.3) is 0 Å².